The van der Waals surface area contributed by atoms with Crippen LogP contribution in [0.15, 0.2) is 0 Å². The topological polar surface area (TPSA) is 672 Å². The summed E-state index contributed by atoms with van der Waals surface area (Å²) in [6.45, 7) is -4.07. The molecule has 0 radical (unpaired) electrons. The SMILES string of the molecule is COC1C(OC)[C@H](O[C@H]2O[C@H](COS(=O)(=O)[O-])[C@@H](O[C@@H]3OC(C(=O)[O-])[C@H](O[C@@H]4OC(COS(=O)(=O)[O-])[C@H](OC)[C@H](OC)C4N)[C@H](OC)C3OC)C(OSOO[O-])C2OS(=O)(=O)[O-])[C@H](C(=O)[O-])O[C@@H]1O[C@H]1C(COS(=O)(=O)[O-])O[C@@H](OC)C(OSOO[O-])[C@H]1OSOO[O-]. The minimum absolute atomic E-state index is 0.235. The molecule has 25 atom stereocenters. The van der Waals surface area contributed by atoms with E-state index in [0.717, 1.165) is 49.8 Å². The number of methoxy groups -OCH3 is 7. The number of carboxylic acids is 2. The van der Waals surface area contributed by atoms with E-state index < -0.39 is 239 Å². The average molecular weight is 1510 g/mol. The van der Waals surface area contributed by atoms with Crippen molar-refractivity contribution in [3.05, 3.63) is 0 Å². The summed E-state index contributed by atoms with van der Waals surface area (Å²) in [6.07, 6.45) is -51.9. The van der Waals surface area contributed by atoms with Crippen molar-refractivity contribution in [2.45, 2.75) is 153 Å². The molecule has 2 N–H and O–H groups in total. The maximum absolute atomic E-state index is 13.3. The lowest BCUT2D eigenvalue weighted by atomic mass is 9.94. The minimum atomic E-state index is -6.26. The number of ether oxygens (including phenoxy) is 16. The first-order chi connectivity index (χ1) is 43.8. The molecule has 0 saturated carbocycles. The van der Waals surface area contributed by atoms with Crippen LogP contribution >= 0.6 is 37.0 Å². The molecule has 0 amide bonds. The fourth-order valence-corrected chi connectivity index (χ4v) is 12.3. The Morgan fingerprint density at radius 1 is 0.376 bits per heavy atom. The highest BCUT2D eigenvalue weighted by Crippen LogP contribution is 2.42. The van der Waals surface area contributed by atoms with Gasteiger partial charge in [-0.05, 0) is 0 Å². The van der Waals surface area contributed by atoms with Gasteiger partial charge < -0.3 is 135 Å². The number of carbonyl (C=O) groups is 2. The number of hydrogen-bond acceptors (Lipinski definition) is 52. The molecule has 0 bridgehead atoms. The molecule has 546 valence electrons. The molecule has 0 aliphatic carbocycles. The number of carbonyl (C=O) groups excluding carboxylic acids is 2. The Kier molecular flexibility index (Phi) is 33.2. The van der Waals surface area contributed by atoms with E-state index in [1.165, 1.54) is 0 Å². The Hall–Kier alpha value is -1.69. The number of nitrogens with two attached hydrogens (primary N) is 1. The molecule has 0 aromatic heterocycles. The summed E-state index contributed by atoms with van der Waals surface area (Å²) in [6, 6.07) is -1.51. The van der Waals surface area contributed by atoms with Gasteiger partial charge in [0.2, 0.25) is 41.6 Å². The molecule has 5 fully saturated rings. The van der Waals surface area contributed by atoms with Crippen LogP contribution in [0.3, 0.4) is 0 Å². The molecule has 0 spiro atoms. The van der Waals surface area contributed by atoms with E-state index in [1.807, 2.05) is 0 Å². The van der Waals surface area contributed by atoms with Crippen molar-refractivity contribution in [1.29, 1.82) is 0 Å². The fourth-order valence-electron chi connectivity index (χ4n) is 9.81. The first-order valence-corrected chi connectivity index (χ1v) is 32.2. The Morgan fingerprint density at radius 2 is 0.699 bits per heavy atom. The van der Waals surface area contributed by atoms with Crippen LogP contribution in [0.4, 0.5) is 0 Å². The third-order valence-electron chi connectivity index (χ3n) is 13.3. The molecule has 5 aliphatic heterocycles. The van der Waals surface area contributed by atoms with Gasteiger partial charge >= 0.3 is 0 Å². The molecule has 56 heteroatoms. The lowest BCUT2D eigenvalue weighted by Crippen LogP contribution is -2.70. The first-order valence-electron chi connectivity index (χ1n) is 24.8. The van der Waals surface area contributed by atoms with Gasteiger partial charge in [-0.1, -0.05) is 0 Å². The van der Waals surface area contributed by atoms with Crippen LogP contribution < -0.4 is 31.7 Å². The summed E-state index contributed by atoms with van der Waals surface area (Å²) in [5, 5.41) is 68.6. The average Bonchev–Trinajstić information content (AvgIpc) is 0.772. The zero-order valence-electron chi connectivity index (χ0n) is 47.6. The third kappa shape index (κ3) is 23.2. The highest BCUT2D eigenvalue weighted by Gasteiger charge is 2.60. The monoisotopic (exact) mass is 1500 g/mol. The lowest BCUT2D eigenvalue weighted by molar-refractivity contribution is -0.778. The Labute approximate surface area is 537 Å². The van der Waals surface area contributed by atoms with E-state index in [0.29, 0.717) is 0 Å². The zero-order valence-corrected chi connectivity index (χ0v) is 53.3. The van der Waals surface area contributed by atoms with E-state index in [1.54, 1.807) is 0 Å². The summed E-state index contributed by atoms with van der Waals surface area (Å²) in [4.78, 5) is 26.4. The van der Waals surface area contributed by atoms with Crippen molar-refractivity contribution >= 4 is 90.5 Å². The second kappa shape index (κ2) is 37.7. The Morgan fingerprint density at radius 3 is 1.04 bits per heavy atom. The normalized spacial score (nSPS) is 37.4. The molecule has 5 aliphatic rings. The summed E-state index contributed by atoms with van der Waals surface area (Å²) in [5.41, 5.74) is 6.38. The van der Waals surface area contributed by atoms with Crippen LogP contribution in [0.25, 0.3) is 0 Å². The fraction of sp³-hybridized carbons (Fsp3) is 0.946. The van der Waals surface area contributed by atoms with Crippen molar-refractivity contribution in [3.63, 3.8) is 0 Å². The van der Waals surface area contributed by atoms with E-state index in [-0.39, 0.29) is 24.6 Å². The van der Waals surface area contributed by atoms with Gasteiger partial charge in [-0.3, -0.25) is 44.4 Å². The van der Waals surface area contributed by atoms with Crippen molar-refractivity contribution < 1.29 is 221 Å². The summed E-state index contributed by atoms with van der Waals surface area (Å²) < 4.78 is 281. The molecule has 49 nitrogen and oxygen atoms in total. The van der Waals surface area contributed by atoms with Crippen molar-refractivity contribution in [3.8, 4) is 0 Å². The van der Waals surface area contributed by atoms with Crippen molar-refractivity contribution in [2.75, 3.05) is 69.6 Å². The molecule has 10 unspecified atom stereocenters. The summed E-state index contributed by atoms with van der Waals surface area (Å²) in [7, 11) is -16.6. The highest BCUT2D eigenvalue weighted by atomic mass is 32.3. The van der Waals surface area contributed by atoms with Gasteiger partial charge in [-0.2, -0.15) is 0 Å². The van der Waals surface area contributed by atoms with Gasteiger partial charge in [0.05, 0.1) is 37.8 Å². The quantitative estimate of drug-likeness (QED) is 0.0149. The summed E-state index contributed by atoms with van der Waals surface area (Å²) in [5.74, 6) is -4.56. The maximum atomic E-state index is 13.3. The van der Waals surface area contributed by atoms with E-state index >= 15 is 0 Å². The second-order valence-corrected chi connectivity index (χ2v) is 23.9. The van der Waals surface area contributed by atoms with E-state index in [9.17, 15) is 87.5 Å². The van der Waals surface area contributed by atoms with E-state index in [2.05, 4.69) is 40.7 Å². The van der Waals surface area contributed by atoms with Crippen molar-refractivity contribution in [2.24, 2.45) is 5.73 Å². The van der Waals surface area contributed by atoms with Gasteiger partial charge in [0, 0.05) is 49.8 Å². The maximum Gasteiger partial charge on any atom is 0.218 e. The van der Waals surface area contributed by atoms with Gasteiger partial charge in [0.25, 0.3) is 0 Å². The highest BCUT2D eigenvalue weighted by molar-refractivity contribution is 7.90. The van der Waals surface area contributed by atoms with Crippen LogP contribution in [0, 0.1) is 0 Å². The molecule has 5 heterocycles. The van der Waals surface area contributed by atoms with Crippen LogP contribution in [0.1, 0.15) is 0 Å². The van der Waals surface area contributed by atoms with Crippen molar-refractivity contribution in [1.82, 2.24) is 0 Å². The molecular formula is C37H54NO48S7-9. The van der Waals surface area contributed by atoms with Crippen LogP contribution in [0.5, 0.6) is 0 Å². The minimum Gasteiger partial charge on any atom is -0.726 e. The van der Waals surface area contributed by atoms with Gasteiger partial charge in [-0.25, -0.2) is 33.7 Å². The zero-order chi connectivity index (χ0) is 69.3. The smallest absolute Gasteiger partial charge is 0.218 e. The first kappa shape index (κ1) is 82.0. The van der Waals surface area contributed by atoms with Gasteiger partial charge in [0.15, 0.2) is 80.6 Å². The number of hydrogen-bond donors (Lipinski definition) is 1. The lowest BCUT2D eigenvalue weighted by Gasteiger charge is -2.52. The predicted molar refractivity (Wildman–Crippen MR) is 258 cm³/mol. The number of rotatable bonds is 40. The Bertz CT molecular complexity index is 2750. The molecular weight excluding hydrogens is 1450 g/mol. The number of aliphatic carboxylic acids is 2. The second-order valence-electron chi connectivity index (χ2n) is 18.4. The van der Waals surface area contributed by atoms with Crippen LogP contribution in [-0.4, -0.2) is 287 Å². The van der Waals surface area contributed by atoms with E-state index in [4.69, 9.17) is 98.3 Å². The third-order valence-corrected chi connectivity index (χ3v) is 16.3. The van der Waals surface area contributed by atoms with Gasteiger partial charge in [0.1, 0.15) is 104 Å². The standard InChI is InChI=1S/C37H63NO48S7/c1-58-15-11(8-65-90(46,47)48)68-33(14(38)18(15)59-2)73-21-19(60-3)27(62-5)36(75-25(21)31(39)40)72-17-13(10-67-92(52,53)54)70-37(30(80-93(55,56)57)24(17)78-88-85-82-44)74-22-20(61-4)28(63-6)35(76-26(22)32(41)42)71-16-12(9-66-91(49,50)51)69-34(64-7)29(79-89-86-83-45)23(16)77-87-84-81-43/h11-30,33-37,43-45H,8-10,38H2,1-7H3,(H,39,40)(H,41,42)(H,46,47,48)(H,49,50,51)(H,52,53,54)(H,55,56,57)/p-9/t11?,12?,13-,14?,15+,16+,17-,18-,19+,20?,21-,22+,23+,24?,25?,26-,27?,28?,29?,30?,33+,34-,35+,36-,37-/m1/s1. The molecule has 5 rings (SSSR count). The molecule has 0 aromatic rings. The predicted octanol–water partition coefficient (Wildman–Crippen LogP) is -12.5. The van der Waals surface area contributed by atoms with Crippen LogP contribution in [-0.2, 0) is 184 Å². The molecule has 5 saturated heterocycles. The molecule has 93 heavy (non-hydrogen) atoms. The molecule has 0 aromatic carbocycles. The summed E-state index contributed by atoms with van der Waals surface area (Å²) >= 11 is -1.11. The number of carboxylic acid groups (broad SMARTS) is 2. The Balaban J connectivity index is 1.59. The largest absolute Gasteiger partial charge is 0.726 e. The van der Waals surface area contributed by atoms with Gasteiger partial charge in [-0.15, -0.1) is 13.0 Å². The van der Waals surface area contributed by atoms with Crippen LogP contribution in [0.2, 0.25) is 0 Å².